The maximum absolute atomic E-state index is 13.0. The first-order valence-electron chi connectivity index (χ1n) is 18.0. The summed E-state index contributed by atoms with van der Waals surface area (Å²) >= 11 is 0. The number of benzene rings is 3. The molecule has 0 fully saturated rings. The number of rotatable bonds is 10. The second-order valence-electron chi connectivity index (χ2n) is 18.2. The first kappa shape index (κ1) is 40.6. The maximum Gasteiger partial charge on any atom is 0.338 e. The zero-order valence-electron chi connectivity index (χ0n) is 33.1. The molecule has 274 valence electrons. The van der Waals surface area contributed by atoms with E-state index in [0.29, 0.717) is 48.3 Å². The lowest BCUT2D eigenvalue weighted by molar-refractivity contribution is 0.0310. The first-order valence-corrected chi connectivity index (χ1v) is 18.0. The Morgan fingerprint density at radius 2 is 0.760 bits per heavy atom. The SMILES string of the molecule is CC(CCc1cc(C(C)(C)C)c(O)c(C(C)(C)C)c1)OC(=O)c1ccc(C(=O)OC(C)CCc2cc(C(C)(C)C)c(O)c(C(C)(C)C)c2)cc1. The second kappa shape index (κ2) is 15.2. The lowest BCUT2D eigenvalue weighted by Gasteiger charge is -2.28. The number of hydrogen-bond donors (Lipinski definition) is 2. The van der Waals surface area contributed by atoms with Gasteiger partial charge in [-0.15, -0.1) is 0 Å². The lowest BCUT2D eigenvalue weighted by atomic mass is 9.78. The average Bonchev–Trinajstić information content (AvgIpc) is 2.97. The van der Waals surface area contributed by atoms with Crippen LogP contribution >= 0.6 is 0 Å². The second-order valence-corrected chi connectivity index (χ2v) is 18.2. The van der Waals surface area contributed by atoms with E-state index in [1.807, 2.05) is 13.8 Å². The molecule has 6 heteroatoms. The van der Waals surface area contributed by atoms with Crippen molar-refractivity contribution in [3.8, 4) is 11.5 Å². The largest absolute Gasteiger partial charge is 0.507 e. The van der Waals surface area contributed by atoms with Gasteiger partial charge in [0.1, 0.15) is 11.5 Å². The minimum atomic E-state index is -0.444. The van der Waals surface area contributed by atoms with E-state index in [2.05, 4.69) is 107 Å². The molecule has 0 heterocycles. The van der Waals surface area contributed by atoms with Crippen molar-refractivity contribution in [1.29, 1.82) is 0 Å². The number of ether oxygens (including phenoxy) is 2. The predicted octanol–water partition coefficient (Wildman–Crippen LogP) is 10.6. The van der Waals surface area contributed by atoms with Gasteiger partial charge >= 0.3 is 11.9 Å². The zero-order valence-corrected chi connectivity index (χ0v) is 33.1. The molecule has 50 heavy (non-hydrogen) atoms. The Hall–Kier alpha value is -3.80. The topological polar surface area (TPSA) is 93.1 Å². The van der Waals surface area contributed by atoms with Gasteiger partial charge in [-0.1, -0.05) is 107 Å². The summed E-state index contributed by atoms with van der Waals surface area (Å²) in [6.07, 6.45) is 2.00. The van der Waals surface area contributed by atoms with Gasteiger partial charge in [0.25, 0.3) is 0 Å². The normalized spacial score (nSPS) is 13.9. The number of hydrogen-bond acceptors (Lipinski definition) is 6. The van der Waals surface area contributed by atoms with E-state index in [-0.39, 0.29) is 33.9 Å². The molecule has 2 atom stereocenters. The molecule has 0 spiro atoms. The van der Waals surface area contributed by atoms with Crippen molar-refractivity contribution in [2.45, 2.75) is 156 Å². The molecule has 0 radical (unpaired) electrons. The van der Waals surface area contributed by atoms with Crippen LogP contribution in [0.15, 0.2) is 48.5 Å². The highest BCUT2D eigenvalue weighted by atomic mass is 16.5. The summed E-state index contributed by atoms with van der Waals surface area (Å²) in [5.41, 5.74) is 5.75. The van der Waals surface area contributed by atoms with Crippen LogP contribution in [0.4, 0.5) is 0 Å². The van der Waals surface area contributed by atoms with Crippen molar-refractivity contribution in [3.05, 3.63) is 93.0 Å². The van der Waals surface area contributed by atoms with Crippen LogP contribution in [-0.2, 0) is 44.0 Å². The number of aromatic hydroxyl groups is 2. The molecular weight excluding hydrogens is 624 g/mol. The Kier molecular flexibility index (Phi) is 12.4. The Balaban J connectivity index is 1.59. The third-order valence-corrected chi connectivity index (χ3v) is 9.22. The van der Waals surface area contributed by atoms with Crippen LogP contribution in [0.5, 0.6) is 11.5 Å². The van der Waals surface area contributed by atoms with Crippen molar-refractivity contribution in [2.24, 2.45) is 0 Å². The Morgan fingerprint density at radius 3 is 0.980 bits per heavy atom. The Labute approximate surface area is 301 Å². The molecular formula is C44H62O6. The van der Waals surface area contributed by atoms with Crippen LogP contribution < -0.4 is 0 Å². The molecule has 0 bridgehead atoms. The number of carbonyl (C=O) groups is 2. The van der Waals surface area contributed by atoms with Gasteiger partial charge in [-0.2, -0.15) is 0 Å². The molecule has 0 saturated carbocycles. The van der Waals surface area contributed by atoms with E-state index in [0.717, 1.165) is 33.4 Å². The monoisotopic (exact) mass is 686 g/mol. The molecule has 0 aliphatic carbocycles. The quantitative estimate of drug-likeness (QED) is 0.206. The van der Waals surface area contributed by atoms with Gasteiger partial charge in [0.05, 0.1) is 23.3 Å². The van der Waals surface area contributed by atoms with Gasteiger partial charge in [0.2, 0.25) is 0 Å². The molecule has 0 aliphatic heterocycles. The van der Waals surface area contributed by atoms with E-state index in [9.17, 15) is 19.8 Å². The standard InChI is InChI=1S/C44H62O6/c1-27(15-17-29-23-33(41(3,4)5)37(45)34(24-29)42(6,7)8)49-39(47)31-19-21-32(22-20-31)40(48)50-28(2)16-18-30-25-35(43(9,10)11)38(46)36(26-30)44(12,13)14/h19-28,45-46H,15-18H2,1-14H3. The highest BCUT2D eigenvalue weighted by Gasteiger charge is 2.28. The van der Waals surface area contributed by atoms with Crippen molar-refractivity contribution < 1.29 is 29.3 Å². The summed E-state index contributed by atoms with van der Waals surface area (Å²) in [7, 11) is 0. The first-order chi connectivity index (χ1) is 22.8. The number of phenolic OH excluding ortho intramolecular Hbond substituents is 2. The lowest BCUT2D eigenvalue weighted by Crippen LogP contribution is -2.19. The summed E-state index contributed by atoms with van der Waals surface area (Å²) in [6, 6.07) is 14.7. The molecule has 0 amide bonds. The van der Waals surface area contributed by atoms with E-state index in [1.54, 1.807) is 24.3 Å². The molecule has 3 aromatic rings. The molecule has 2 unspecified atom stereocenters. The van der Waals surface area contributed by atoms with Crippen LogP contribution in [-0.4, -0.2) is 34.4 Å². The van der Waals surface area contributed by atoms with E-state index in [1.165, 1.54) is 0 Å². The molecule has 0 aromatic heterocycles. The van der Waals surface area contributed by atoms with Gasteiger partial charge in [-0.25, -0.2) is 9.59 Å². The van der Waals surface area contributed by atoms with Gasteiger partial charge in [-0.3, -0.25) is 0 Å². The van der Waals surface area contributed by atoms with E-state index < -0.39 is 11.9 Å². The molecule has 0 saturated heterocycles. The highest BCUT2D eigenvalue weighted by Crippen LogP contribution is 2.41. The van der Waals surface area contributed by atoms with Crippen molar-refractivity contribution in [1.82, 2.24) is 0 Å². The average molecular weight is 687 g/mol. The van der Waals surface area contributed by atoms with Crippen molar-refractivity contribution >= 4 is 11.9 Å². The third kappa shape index (κ3) is 10.6. The summed E-state index contributed by atoms with van der Waals surface area (Å²) < 4.78 is 11.5. The predicted molar refractivity (Wildman–Crippen MR) is 204 cm³/mol. The number of phenols is 2. The Morgan fingerprint density at radius 1 is 0.520 bits per heavy atom. The molecule has 3 aromatic carbocycles. The van der Waals surface area contributed by atoms with Crippen LogP contribution in [0.1, 0.15) is 164 Å². The summed E-state index contributed by atoms with van der Waals surface area (Å²) in [5, 5.41) is 22.1. The van der Waals surface area contributed by atoms with Crippen molar-refractivity contribution in [3.63, 3.8) is 0 Å². The minimum Gasteiger partial charge on any atom is -0.507 e. The van der Waals surface area contributed by atoms with Crippen LogP contribution in [0.2, 0.25) is 0 Å². The fourth-order valence-corrected chi connectivity index (χ4v) is 6.07. The van der Waals surface area contributed by atoms with Gasteiger partial charge in [0, 0.05) is 0 Å². The van der Waals surface area contributed by atoms with Crippen LogP contribution in [0.25, 0.3) is 0 Å². The highest BCUT2D eigenvalue weighted by molar-refractivity contribution is 5.93. The number of carbonyl (C=O) groups excluding carboxylic acids is 2. The van der Waals surface area contributed by atoms with E-state index >= 15 is 0 Å². The molecule has 3 rings (SSSR count). The minimum absolute atomic E-state index is 0.213. The Bertz CT molecular complexity index is 1460. The third-order valence-electron chi connectivity index (χ3n) is 9.22. The molecule has 6 nitrogen and oxygen atoms in total. The van der Waals surface area contributed by atoms with Gasteiger partial charge < -0.3 is 19.7 Å². The smallest absolute Gasteiger partial charge is 0.338 e. The van der Waals surface area contributed by atoms with Gasteiger partial charge in [-0.05, 0) is 119 Å². The van der Waals surface area contributed by atoms with Crippen molar-refractivity contribution in [2.75, 3.05) is 0 Å². The summed E-state index contributed by atoms with van der Waals surface area (Å²) in [5.74, 6) is -0.178. The fraction of sp³-hybridized carbons (Fsp3) is 0.545. The molecule has 2 N–H and O–H groups in total. The molecule has 0 aliphatic rings. The number of aryl methyl sites for hydroxylation is 2. The summed E-state index contributed by atoms with van der Waals surface area (Å²) in [6.45, 7) is 28.9. The zero-order chi connectivity index (χ0) is 38.0. The number of esters is 2. The van der Waals surface area contributed by atoms with Gasteiger partial charge in [0.15, 0.2) is 0 Å². The summed E-state index contributed by atoms with van der Waals surface area (Å²) in [4.78, 5) is 25.9. The fourth-order valence-electron chi connectivity index (χ4n) is 6.07. The van der Waals surface area contributed by atoms with Crippen LogP contribution in [0.3, 0.4) is 0 Å². The maximum atomic E-state index is 13.0. The van der Waals surface area contributed by atoms with E-state index in [4.69, 9.17) is 9.47 Å². The van der Waals surface area contributed by atoms with Crippen LogP contribution in [0, 0.1) is 0 Å².